The van der Waals surface area contributed by atoms with Crippen molar-refractivity contribution in [2.75, 3.05) is 5.32 Å². The van der Waals surface area contributed by atoms with Crippen molar-refractivity contribution in [1.82, 2.24) is 19.6 Å². The molecule has 0 saturated carbocycles. The van der Waals surface area contributed by atoms with Crippen LogP contribution >= 0.6 is 27.5 Å². The maximum atomic E-state index is 13.0. The Bertz CT molecular complexity index is 1100. The third-order valence-corrected chi connectivity index (χ3v) is 4.95. The summed E-state index contributed by atoms with van der Waals surface area (Å²) in [4.78, 5) is 22.4. The third-order valence-electron chi connectivity index (χ3n) is 4.12. The standard InChI is InChI=1S/C17H14BrClF2N6O3/c1-9-15(27(29)30)14(16(20)21)23-26(9)8-13(28)22-17-12(18)7-25(24-17)6-10-2-4-11(19)5-3-10/h2-5,7,16H,6,8H2,1H3,(H,22,24,28). The monoisotopic (exact) mass is 502 g/mol. The van der Waals surface area contributed by atoms with Gasteiger partial charge in [0.05, 0.1) is 15.9 Å². The molecule has 0 spiro atoms. The topological polar surface area (TPSA) is 108 Å². The van der Waals surface area contributed by atoms with Crippen molar-refractivity contribution in [3.8, 4) is 0 Å². The van der Waals surface area contributed by atoms with E-state index in [1.54, 1.807) is 23.0 Å². The highest BCUT2D eigenvalue weighted by atomic mass is 79.9. The number of anilines is 1. The highest BCUT2D eigenvalue weighted by molar-refractivity contribution is 9.10. The summed E-state index contributed by atoms with van der Waals surface area (Å²) in [5, 5.41) is 22.0. The summed E-state index contributed by atoms with van der Waals surface area (Å²) < 4.78 is 29.0. The van der Waals surface area contributed by atoms with E-state index in [1.807, 2.05) is 12.1 Å². The molecule has 2 aromatic heterocycles. The molecule has 0 aliphatic rings. The first-order valence-electron chi connectivity index (χ1n) is 8.42. The lowest BCUT2D eigenvalue weighted by Crippen LogP contribution is -2.21. The van der Waals surface area contributed by atoms with Crippen molar-refractivity contribution < 1.29 is 18.5 Å². The predicted molar refractivity (Wildman–Crippen MR) is 108 cm³/mol. The lowest BCUT2D eigenvalue weighted by atomic mass is 10.2. The average molecular weight is 504 g/mol. The van der Waals surface area contributed by atoms with E-state index in [0.29, 0.717) is 16.0 Å². The molecule has 9 nitrogen and oxygen atoms in total. The molecule has 30 heavy (non-hydrogen) atoms. The summed E-state index contributed by atoms with van der Waals surface area (Å²) in [5.41, 5.74) is -0.978. The van der Waals surface area contributed by atoms with Crippen LogP contribution in [0.15, 0.2) is 34.9 Å². The fourth-order valence-electron chi connectivity index (χ4n) is 2.73. The van der Waals surface area contributed by atoms with Crippen LogP contribution in [0.3, 0.4) is 0 Å². The summed E-state index contributed by atoms with van der Waals surface area (Å²) in [5.74, 6) is -0.420. The van der Waals surface area contributed by atoms with Crippen molar-refractivity contribution in [3.63, 3.8) is 0 Å². The minimum Gasteiger partial charge on any atom is -0.307 e. The Morgan fingerprint density at radius 3 is 2.57 bits per heavy atom. The Morgan fingerprint density at radius 2 is 2.00 bits per heavy atom. The van der Waals surface area contributed by atoms with Gasteiger partial charge in [-0.2, -0.15) is 10.2 Å². The summed E-state index contributed by atoms with van der Waals surface area (Å²) in [6, 6.07) is 7.17. The zero-order chi connectivity index (χ0) is 22.0. The van der Waals surface area contributed by atoms with Crippen LogP contribution in [0, 0.1) is 17.0 Å². The Balaban J connectivity index is 1.72. The fraction of sp³-hybridized carbons (Fsp3) is 0.235. The number of aromatic nitrogens is 4. The molecule has 1 N–H and O–H groups in total. The van der Waals surface area contributed by atoms with Gasteiger partial charge in [-0.1, -0.05) is 23.7 Å². The molecule has 0 fully saturated rings. The van der Waals surface area contributed by atoms with E-state index in [1.165, 1.54) is 6.92 Å². The van der Waals surface area contributed by atoms with Gasteiger partial charge in [0.25, 0.3) is 6.43 Å². The van der Waals surface area contributed by atoms with Crippen LogP contribution in [-0.4, -0.2) is 30.4 Å². The van der Waals surface area contributed by atoms with E-state index >= 15 is 0 Å². The molecular weight excluding hydrogens is 490 g/mol. The minimum atomic E-state index is -3.13. The van der Waals surface area contributed by atoms with Crippen LogP contribution in [0.4, 0.5) is 20.3 Å². The van der Waals surface area contributed by atoms with Gasteiger partial charge in [0.2, 0.25) is 11.6 Å². The van der Waals surface area contributed by atoms with Crippen molar-refractivity contribution in [3.05, 3.63) is 67.0 Å². The first-order chi connectivity index (χ1) is 14.2. The first-order valence-corrected chi connectivity index (χ1v) is 9.60. The van der Waals surface area contributed by atoms with Crippen LogP contribution in [0.25, 0.3) is 0 Å². The van der Waals surface area contributed by atoms with Gasteiger partial charge in [-0.3, -0.25) is 24.3 Å². The number of hydrogen-bond donors (Lipinski definition) is 1. The Kier molecular flexibility index (Phi) is 6.46. The highest BCUT2D eigenvalue weighted by Gasteiger charge is 2.31. The van der Waals surface area contributed by atoms with E-state index in [9.17, 15) is 23.7 Å². The van der Waals surface area contributed by atoms with E-state index < -0.39 is 35.2 Å². The zero-order valence-corrected chi connectivity index (χ0v) is 17.7. The van der Waals surface area contributed by atoms with Gasteiger partial charge in [0, 0.05) is 11.2 Å². The van der Waals surface area contributed by atoms with Crippen LogP contribution in [0.1, 0.15) is 23.4 Å². The Labute approximate surface area is 181 Å². The van der Waals surface area contributed by atoms with Gasteiger partial charge in [-0.25, -0.2) is 8.78 Å². The molecule has 0 unspecified atom stereocenters. The molecule has 0 saturated heterocycles. The number of rotatable bonds is 7. The summed E-state index contributed by atoms with van der Waals surface area (Å²) in [6.07, 6.45) is -1.48. The van der Waals surface area contributed by atoms with Gasteiger partial charge in [0.1, 0.15) is 12.2 Å². The molecule has 0 aliphatic heterocycles. The normalized spacial score (nSPS) is 11.1. The molecular formula is C17H14BrClF2N6O3. The molecule has 2 heterocycles. The van der Waals surface area contributed by atoms with E-state index in [2.05, 4.69) is 31.4 Å². The number of carbonyl (C=O) groups excluding carboxylic acids is 1. The van der Waals surface area contributed by atoms with Gasteiger partial charge in [-0.05, 0) is 40.5 Å². The molecule has 3 rings (SSSR count). The van der Waals surface area contributed by atoms with Crippen LogP contribution in [0.2, 0.25) is 5.02 Å². The number of benzene rings is 1. The van der Waals surface area contributed by atoms with Crippen molar-refractivity contribution in [2.24, 2.45) is 0 Å². The van der Waals surface area contributed by atoms with Gasteiger partial charge < -0.3 is 5.32 Å². The van der Waals surface area contributed by atoms with E-state index in [0.717, 1.165) is 10.2 Å². The number of carbonyl (C=O) groups is 1. The van der Waals surface area contributed by atoms with Crippen LogP contribution in [0.5, 0.6) is 0 Å². The average Bonchev–Trinajstić information content (AvgIpc) is 3.17. The molecule has 3 aromatic rings. The van der Waals surface area contributed by atoms with Crippen molar-refractivity contribution in [2.45, 2.75) is 26.4 Å². The van der Waals surface area contributed by atoms with Crippen LogP contribution < -0.4 is 5.32 Å². The lowest BCUT2D eigenvalue weighted by molar-refractivity contribution is -0.386. The highest BCUT2D eigenvalue weighted by Crippen LogP contribution is 2.31. The fourth-order valence-corrected chi connectivity index (χ4v) is 3.27. The number of nitrogens with one attached hydrogen (secondary N) is 1. The first kappa shape index (κ1) is 21.8. The summed E-state index contributed by atoms with van der Waals surface area (Å²) in [7, 11) is 0. The van der Waals surface area contributed by atoms with Gasteiger partial charge in [0.15, 0.2) is 5.82 Å². The van der Waals surface area contributed by atoms with Crippen molar-refractivity contribution >= 4 is 44.9 Å². The largest absolute Gasteiger partial charge is 0.319 e. The lowest BCUT2D eigenvalue weighted by Gasteiger charge is -2.05. The number of alkyl halides is 2. The van der Waals surface area contributed by atoms with Gasteiger partial charge >= 0.3 is 5.69 Å². The number of amides is 1. The Morgan fingerprint density at radius 1 is 1.33 bits per heavy atom. The molecule has 1 amide bonds. The minimum absolute atomic E-state index is 0.141. The van der Waals surface area contributed by atoms with Gasteiger partial charge in [-0.15, -0.1) is 0 Å². The summed E-state index contributed by atoms with van der Waals surface area (Å²) >= 11 is 9.16. The second kappa shape index (κ2) is 8.88. The number of nitrogens with zero attached hydrogens (tertiary/aromatic N) is 5. The smallest absolute Gasteiger partial charge is 0.307 e. The second-order valence-electron chi connectivity index (χ2n) is 6.23. The molecule has 158 valence electrons. The quantitative estimate of drug-likeness (QED) is 0.381. The Hall–Kier alpha value is -2.86. The van der Waals surface area contributed by atoms with E-state index in [-0.39, 0.29) is 11.5 Å². The van der Waals surface area contributed by atoms with Crippen molar-refractivity contribution in [1.29, 1.82) is 0 Å². The SMILES string of the molecule is Cc1c([N+](=O)[O-])c(C(F)F)nn1CC(=O)Nc1nn(Cc2ccc(Cl)cc2)cc1Br. The second-order valence-corrected chi connectivity index (χ2v) is 7.52. The zero-order valence-electron chi connectivity index (χ0n) is 15.4. The molecule has 0 bridgehead atoms. The molecule has 0 radical (unpaired) electrons. The summed E-state index contributed by atoms with van der Waals surface area (Å²) in [6.45, 7) is 1.19. The molecule has 0 atom stereocenters. The van der Waals surface area contributed by atoms with Crippen LogP contribution in [-0.2, 0) is 17.9 Å². The van der Waals surface area contributed by atoms with E-state index in [4.69, 9.17) is 11.6 Å². The maximum Gasteiger partial charge on any atom is 0.319 e. The number of nitro groups is 1. The molecule has 13 heteroatoms. The maximum absolute atomic E-state index is 13.0. The third kappa shape index (κ3) is 4.82. The number of hydrogen-bond acceptors (Lipinski definition) is 5. The molecule has 0 aliphatic carbocycles. The number of halogens is 4. The predicted octanol–water partition coefficient (Wildman–Crippen LogP) is 4.34. The molecule has 1 aromatic carbocycles.